The zero-order valence-corrected chi connectivity index (χ0v) is 7.92. The van der Waals surface area contributed by atoms with E-state index in [-0.39, 0.29) is 18.4 Å². The lowest BCUT2D eigenvalue weighted by molar-refractivity contribution is -0.129. The summed E-state index contributed by atoms with van der Waals surface area (Å²) in [6.07, 6.45) is 2.90. The van der Waals surface area contributed by atoms with E-state index in [9.17, 15) is 4.79 Å². The summed E-state index contributed by atoms with van der Waals surface area (Å²) in [5, 5.41) is 8.97. The van der Waals surface area contributed by atoms with Gasteiger partial charge in [0.2, 0.25) is 0 Å². The van der Waals surface area contributed by atoms with Crippen molar-refractivity contribution in [3.8, 4) is 0 Å². The van der Waals surface area contributed by atoms with Crippen LogP contribution in [0.1, 0.15) is 33.1 Å². The number of aliphatic hydroxyl groups is 1. The second-order valence-corrected chi connectivity index (χ2v) is 4.02. The van der Waals surface area contributed by atoms with Crippen molar-refractivity contribution >= 4 is 5.78 Å². The van der Waals surface area contributed by atoms with Crippen LogP contribution in [0.5, 0.6) is 0 Å². The third kappa shape index (κ3) is 1.86. The molecule has 0 saturated heterocycles. The van der Waals surface area contributed by atoms with Crippen molar-refractivity contribution in [2.75, 3.05) is 6.61 Å². The number of ketones is 1. The van der Waals surface area contributed by atoms with Crippen LogP contribution in [0.3, 0.4) is 0 Å². The molecule has 0 aromatic carbocycles. The van der Waals surface area contributed by atoms with Crippen LogP contribution in [0.25, 0.3) is 0 Å². The highest BCUT2D eigenvalue weighted by atomic mass is 16.3. The SMILES string of the molecule is CC(CO)C1C(=O)CCCC1C. The molecule has 3 atom stereocenters. The topological polar surface area (TPSA) is 37.3 Å². The van der Waals surface area contributed by atoms with E-state index < -0.39 is 0 Å². The molecule has 0 spiro atoms. The van der Waals surface area contributed by atoms with Gasteiger partial charge in [0.15, 0.2) is 0 Å². The van der Waals surface area contributed by atoms with Crippen LogP contribution >= 0.6 is 0 Å². The van der Waals surface area contributed by atoms with Crippen molar-refractivity contribution in [2.24, 2.45) is 17.8 Å². The predicted molar refractivity (Wildman–Crippen MR) is 47.8 cm³/mol. The second kappa shape index (κ2) is 4.04. The average molecular weight is 170 g/mol. The first-order chi connectivity index (χ1) is 5.66. The van der Waals surface area contributed by atoms with E-state index in [0.29, 0.717) is 11.7 Å². The zero-order valence-electron chi connectivity index (χ0n) is 7.92. The first kappa shape index (κ1) is 9.72. The summed E-state index contributed by atoms with van der Waals surface area (Å²) in [5.74, 6) is 1.08. The van der Waals surface area contributed by atoms with Gasteiger partial charge in [-0.15, -0.1) is 0 Å². The highest BCUT2D eigenvalue weighted by Crippen LogP contribution is 2.31. The zero-order chi connectivity index (χ0) is 9.14. The smallest absolute Gasteiger partial charge is 0.136 e. The number of rotatable bonds is 2. The third-order valence-corrected chi connectivity index (χ3v) is 2.97. The van der Waals surface area contributed by atoms with Gasteiger partial charge >= 0.3 is 0 Å². The number of aliphatic hydroxyl groups excluding tert-OH is 1. The highest BCUT2D eigenvalue weighted by Gasteiger charge is 2.32. The Bertz CT molecular complexity index is 161. The Hall–Kier alpha value is -0.370. The molecular weight excluding hydrogens is 152 g/mol. The van der Waals surface area contributed by atoms with Gasteiger partial charge in [0.25, 0.3) is 0 Å². The molecule has 12 heavy (non-hydrogen) atoms. The molecule has 1 fully saturated rings. The van der Waals surface area contributed by atoms with Gasteiger partial charge in [-0.05, 0) is 24.7 Å². The van der Waals surface area contributed by atoms with Crippen LogP contribution in [0, 0.1) is 17.8 Å². The number of hydrogen-bond donors (Lipinski definition) is 1. The van der Waals surface area contributed by atoms with E-state index in [1.807, 2.05) is 6.92 Å². The molecule has 0 heterocycles. The van der Waals surface area contributed by atoms with Crippen LogP contribution in [0.15, 0.2) is 0 Å². The van der Waals surface area contributed by atoms with Crippen LogP contribution in [0.2, 0.25) is 0 Å². The summed E-state index contributed by atoms with van der Waals surface area (Å²) in [6.45, 7) is 4.22. The van der Waals surface area contributed by atoms with Crippen molar-refractivity contribution in [3.63, 3.8) is 0 Å². The molecule has 1 N–H and O–H groups in total. The molecular formula is C10H18O2. The fourth-order valence-corrected chi connectivity index (χ4v) is 2.25. The Labute approximate surface area is 74.0 Å². The van der Waals surface area contributed by atoms with Crippen LogP contribution in [-0.2, 0) is 4.79 Å². The van der Waals surface area contributed by atoms with Crippen molar-refractivity contribution in [1.82, 2.24) is 0 Å². The molecule has 1 saturated carbocycles. The third-order valence-electron chi connectivity index (χ3n) is 2.97. The summed E-state index contributed by atoms with van der Waals surface area (Å²) < 4.78 is 0. The van der Waals surface area contributed by atoms with Crippen molar-refractivity contribution in [1.29, 1.82) is 0 Å². The Morgan fingerprint density at radius 1 is 1.67 bits per heavy atom. The molecule has 0 amide bonds. The molecule has 0 aromatic rings. The molecule has 2 nitrogen and oxygen atoms in total. The molecule has 0 aromatic heterocycles. The van der Waals surface area contributed by atoms with E-state index in [2.05, 4.69) is 6.92 Å². The van der Waals surface area contributed by atoms with E-state index >= 15 is 0 Å². The lowest BCUT2D eigenvalue weighted by Gasteiger charge is -2.31. The largest absolute Gasteiger partial charge is 0.396 e. The maximum atomic E-state index is 11.5. The van der Waals surface area contributed by atoms with Gasteiger partial charge in [-0.1, -0.05) is 13.8 Å². The summed E-state index contributed by atoms with van der Waals surface area (Å²) in [4.78, 5) is 11.5. The van der Waals surface area contributed by atoms with E-state index in [4.69, 9.17) is 5.11 Å². The summed E-state index contributed by atoms with van der Waals surface area (Å²) in [5.41, 5.74) is 0. The first-order valence-electron chi connectivity index (χ1n) is 4.80. The van der Waals surface area contributed by atoms with Crippen molar-refractivity contribution in [3.05, 3.63) is 0 Å². The highest BCUT2D eigenvalue weighted by molar-refractivity contribution is 5.82. The fourth-order valence-electron chi connectivity index (χ4n) is 2.25. The molecule has 0 radical (unpaired) electrons. The molecule has 70 valence electrons. The van der Waals surface area contributed by atoms with E-state index in [1.165, 1.54) is 0 Å². The molecule has 1 rings (SSSR count). The molecule has 2 heteroatoms. The Morgan fingerprint density at radius 3 is 2.83 bits per heavy atom. The minimum Gasteiger partial charge on any atom is -0.396 e. The summed E-state index contributed by atoms with van der Waals surface area (Å²) in [6, 6.07) is 0. The van der Waals surface area contributed by atoms with Gasteiger partial charge in [0, 0.05) is 18.9 Å². The Balaban J connectivity index is 2.62. The minimum absolute atomic E-state index is 0.115. The van der Waals surface area contributed by atoms with E-state index in [1.54, 1.807) is 0 Å². The normalized spacial score (nSPS) is 33.4. The van der Waals surface area contributed by atoms with Crippen LogP contribution in [0.4, 0.5) is 0 Å². The molecule has 0 bridgehead atoms. The van der Waals surface area contributed by atoms with Gasteiger partial charge in [0.1, 0.15) is 5.78 Å². The summed E-state index contributed by atoms with van der Waals surface area (Å²) >= 11 is 0. The number of hydrogen-bond acceptors (Lipinski definition) is 2. The molecule has 1 aliphatic carbocycles. The number of carbonyl (C=O) groups excluding carboxylic acids is 1. The first-order valence-corrected chi connectivity index (χ1v) is 4.80. The lowest BCUT2D eigenvalue weighted by atomic mass is 9.73. The van der Waals surface area contributed by atoms with Crippen molar-refractivity contribution in [2.45, 2.75) is 33.1 Å². The summed E-state index contributed by atoms with van der Waals surface area (Å²) in [7, 11) is 0. The molecule has 1 aliphatic rings. The maximum Gasteiger partial charge on any atom is 0.136 e. The Kier molecular flexibility index (Phi) is 3.27. The van der Waals surface area contributed by atoms with Gasteiger partial charge in [-0.3, -0.25) is 4.79 Å². The number of carbonyl (C=O) groups is 1. The second-order valence-electron chi connectivity index (χ2n) is 4.02. The predicted octanol–water partition coefficient (Wildman–Crippen LogP) is 1.62. The van der Waals surface area contributed by atoms with Gasteiger partial charge in [-0.2, -0.15) is 0 Å². The van der Waals surface area contributed by atoms with E-state index in [0.717, 1.165) is 19.3 Å². The standard InChI is InChI=1S/C10H18O2/c1-7-4-3-5-9(12)10(7)8(2)6-11/h7-8,10-11H,3-6H2,1-2H3. The molecule has 3 unspecified atom stereocenters. The Morgan fingerprint density at radius 2 is 2.33 bits per heavy atom. The lowest BCUT2D eigenvalue weighted by Crippen LogP contribution is -2.33. The quantitative estimate of drug-likeness (QED) is 0.683. The van der Waals surface area contributed by atoms with Gasteiger partial charge in [0.05, 0.1) is 0 Å². The maximum absolute atomic E-state index is 11.5. The van der Waals surface area contributed by atoms with Crippen LogP contribution < -0.4 is 0 Å². The average Bonchev–Trinajstić information content (AvgIpc) is 2.03. The van der Waals surface area contributed by atoms with Gasteiger partial charge in [-0.25, -0.2) is 0 Å². The number of Topliss-reactive ketones (excluding diaryl/α,β-unsaturated/α-hetero) is 1. The minimum atomic E-state index is 0.115. The van der Waals surface area contributed by atoms with Crippen molar-refractivity contribution < 1.29 is 9.90 Å². The van der Waals surface area contributed by atoms with Gasteiger partial charge < -0.3 is 5.11 Å². The fraction of sp³-hybridized carbons (Fsp3) is 0.900. The molecule has 0 aliphatic heterocycles. The van der Waals surface area contributed by atoms with Crippen LogP contribution in [-0.4, -0.2) is 17.5 Å². The monoisotopic (exact) mass is 170 g/mol.